The standard InChI is InChI=1S/C20H19ClF2N4OS/c1-4-27(3)11-24-17-7-12(2)18(10-15(17)21)28-20-25-19(26-29-20)8-13-5-6-14(22)9-16(13)23/h5-7,9-11H,4,8H2,1-3H3/b24-11-. The van der Waals surface area contributed by atoms with Crippen LogP contribution in [0.25, 0.3) is 0 Å². The average Bonchev–Trinajstić information content (AvgIpc) is 3.12. The first kappa shape index (κ1) is 21.1. The first-order valence-electron chi connectivity index (χ1n) is 8.84. The maximum atomic E-state index is 13.8. The highest BCUT2D eigenvalue weighted by atomic mass is 35.5. The molecule has 0 atom stereocenters. The van der Waals surface area contributed by atoms with Crippen LogP contribution < -0.4 is 4.74 Å². The largest absolute Gasteiger partial charge is 0.430 e. The molecule has 0 fully saturated rings. The second-order valence-corrected chi connectivity index (χ2v) is 7.50. The van der Waals surface area contributed by atoms with Crippen LogP contribution in [0.2, 0.25) is 5.02 Å². The number of aromatic nitrogens is 2. The van der Waals surface area contributed by atoms with E-state index in [0.717, 1.165) is 29.7 Å². The molecular formula is C20H19ClF2N4OS. The fraction of sp³-hybridized carbons (Fsp3) is 0.250. The van der Waals surface area contributed by atoms with Crippen molar-refractivity contribution < 1.29 is 13.5 Å². The van der Waals surface area contributed by atoms with Gasteiger partial charge in [0.2, 0.25) is 0 Å². The molecular weight excluding hydrogens is 418 g/mol. The molecule has 9 heteroatoms. The number of rotatable bonds is 7. The summed E-state index contributed by atoms with van der Waals surface area (Å²) < 4.78 is 36.8. The lowest BCUT2D eigenvalue weighted by Gasteiger charge is -2.10. The molecule has 0 saturated heterocycles. The molecule has 0 saturated carbocycles. The van der Waals surface area contributed by atoms with Crippen molar-refractivity contribution in [3.63, 3.8) is 0 Å². The van der Waals surface area contributed by atoms with Gasteiger partial charge in [-0.1, -0.05) is 17.7 Å². The number of benzene rings is 2. The molecule has 0 N–H and O–H groups in total. The molecule has 3 aromatic rings. The molecule has 0 unspecified atom stereocenters. The van der Waals surface area contributed by atoms with E-state index >= 15 is 0 Å². The van der Waals surface area contributed by atoms with Crippen LogP contribution in [0, 0.1) is 18.6 Å². The van der Waals surface area contributed by atoms with Gasteiger partial charge in [-0.05, 0) is 37.1 Å². The Bertz CT molecular complexity index is 1040. The summed E-state index contributed by atoms with van der Waals surface area (Å²) in [7, 11) is 1.92. The summed E-state index contributed by atoms with van der Waals surface area (Å²) >= 11 is 7.37. The minimum atomic E-state index is -0.630. The molecule has 5 nitrogen and oxygen atoms in total. The Hall–Kier alpha value is -2.58. The number of aryl methyl sites for hydroxylation is 1. The third-order valence-electron chi connectivity index (χ3n) is 4.15. The van der Waals surface area contributed by atoms with Crippen molar-refractivity contribution >= 4 is 35.2 Å². The summed E-state index contributed by atoms with van der Waals surface area (Å²) in [5.74, 6) is -0.325. The summed E-state index contributed by atoms with van der Waals surface area (Å²) in [4.78, 5) is 10.6. The minimum Gasteiger partial charge on any atom is -0.430 e. The molecule has 2 aromatic carbocycles. The van der Waals surface area contributed by atoms with Gasteiger partial charge in [-0.2, -0.15) is 9.36 Å². The van der Waals surface area contributed by atoms with Gasteiger partial charge in [0.25, 0.3) is 5.19 Å². The van der Waals surface area contributed by atoms with Crippen molar-refractivity contribution in [2.45, 2.75) is 20.3 Å². The minimum absolute atomic E-state index is 0.143. The molecule has 0 radical (unpaired) electrons. The Morgan fingerprint density at radius 2 is 2.07 bits per heavy atom. The van der Waals surface area contributed by atoms with Crippen LogP contribution >= 0.6 is 23.1 Å². The van der Waals surface area contributed by atoms with Gasteiger partial charge in [-0.25, -0.2) is 13.8 Å². The smallest absolute Gasteiger partial charge is 0.298 e. The Kier molecular flexibility index (Phi) is 6.76. The van der Waals surface area contributed by atoms with E-state index < -0.39 is 11.6 Å². The molecule has 1 aromatic heterocycles. The van der Waals surface area contributed by atoms with Crippen molar-refractivity contribution in [3.8, 4) is 10.9 Å². The third-order valence-corrected chi connectivity index (χ3v) is 5.08. The topological polar surface area (TPSA) is 50.6 Å². The second kappa shape index (κ2) is 9.28. The molecule has 0 bridgehead atoms. The predicted molar refractivity (Wildman–Crippen MR) is 112 cm³/mol. The zero-order valence-corrected chi connectivity index (χ0v) is 17.7. The number of aliphatic imine (C=N–C) groups is 1. The van der Waals surface area contributed by atoms with E-state index in [1.165, 1.54) is 12.1 Å². The molecule has 29 heavy (non-hydrogen) atoms. The number of halogens is 3. The number of hydrogen-bond acceptors (Lipinski definition) is 5. The fourth-order valence-corrected chi connectivity index (χ4v) is 3.14. The van der Waals surface area contributed by atoms with Crippen molar-refractivity contribution in [3.05, 3.63) is 63.9 Å². The lowest BCUT2D eigenvalue weighted by Crippen LogP contribution is -2.14. The molecule has 0 aliphatic carbocycles. The van der Waals surface area contributed by atoms with Gasteiger partial charge < -0.3 is 9.64 Å². The fourth-order valence-electron chi connectivity index (χ4n) is 2.38. The quantitative estimate of drug-likeness (QED) is 0.348. The molecule has 0 aliphatic rings. The Balaban J connectivity index is 1.74. The van der Waals surface area contributed by atoms with Crippen LogP contribution in [0.3, 0.4) is 0 Å². The van der Waals surface area contributed by atoms with Crippen LogP contribution in [0.4, 0.5) is 14.5 Å². The van der Waals surface area contributed by atoms with Crippen LogP contribution in [-0.2, 0) is 6.42 Å². The van der Waals surface area contributed by atoms with Gasteiger partial charge in [0.15, 0.2) is 5.82 Å². The second-order valence-electron chi connectivity index (χ2n) is 6.38. The van der Waals surface area contributed by atoms with Crippen LogP contribution in [0.1, 0.15) is 23.9 Å². The molecule has 0 amide bonds. The lowest BCUT2D eigenvalue weighted by molar-refractivity contribution is 0.473. The summed E-state index contributed by atoms with van der Waals surface area (Å²) in [5.41, 5.74) is 1.79. The first-order chi connectivity index (χ1) is 13.9. The van der Waals surface area contributed by atoms with E-state index in [0.29, 0.717) is 33.0 Å². The van der Waals surface area contributed by atoms with Gasteiger partial charge in [-0.15, -0.1) is 0 Å². The monoisotopic (exact) mass is 436 g/mol. The zero-order chi connectivity index (χ0) is 21.0. The maximum Gasteiger partial charge on any atom is 0.298 e. The van der Waals surface area contributed by atoms with Gasteiger partial charge in [0.05, 0.1) is 17.0 Å². The highest BCUT2D eigenvalue weighted by molar-refractivity contribution is 7.07. The highest BCUT2D eigenvalue weighted by Crippen LogP contribution is 2.35. The Labute approximate surface area is 176 Å². The molecule has 3 rings (SSSR count). The van der Waals surface area contributed by atoms with E-state index in [4.69, 9.17) is 16.3 Å². The van der Waals surface area contributed by atoms with Gasteiger partial charge in [0, 0.05) is 43.7 Å². The van der Waals surface area contributed by atoms with Crippen molar-refractivity contribution in [1.82, 2.24) is 14.3 Å². The van der Waals surface area contributed by atoms with E-state index in [1.807, 2.05) is 31.9 Å². The first-order valence-corrected chi connectivity index (χ1v) is 9.99. The summed E-state index contributed by atoms with van der Waals surface area (Å²) in [5, 5.41) is 0.758. The number of hydrogen-bond donors (Lipinski definition) is 0. The van der Waals surface area contributed by atoms with Gasteiger partial charge in [-0.3, -0.25) is 0 Å². The normalized spacial score (nSPS) is 11.2. The third kappa shape index (κ3) is 5.48. The number of nitrogens with zero attached hydrogens (tertiary/aromatic N) is 4. The van der Waals surface area contributed by atoms with Crippen LogP contribution in [0.15, 0.2) is 35.3 Å². The van der Waals surface area contributed by atoms with E-state index in [1.54, 1.807) is 12.4 Å². The summed E-state index contributed by atoms with van der Waals surface area (Å²) in [6, 6.07) is 6.93. The highest BCUT2D eigenvalue weighted by Gasteiger charge is 2.13. The summed E-state index contributed by atoms with van der Waals surface area (Å²) in [6.45, 7) is 4.74. The zero-order valence-electron chi connectivity index (χ0n) is 16.1. The van der Waals surface area contributed by atoms with Crippen molar-refractivity contribution in [1.29, 1.82) is 0 Å². The maximum absolute atomic E-state index is 13.8. The van der Waals surface area contributed by atoms with E-state index in [9.17, 15) is 8.78 Å². The average molecular weight is 437 g/mol. The van der Waals surface area contributed by atoms with Crippen LogP contribution in [0.5, 0.6) is 10.9 Å². The van der Waals surface area contributed by atoms with Gasteiger partial charge in [0.1, 0.15) is 17.4 Å². The van der Waals surface area contributed by atoms with E-state index in [2.05, 4.69) is 14.3 Å². The SMILES string of the molecule is CCN(C)/C=N\c1cc(C)c(Oc2nc(Cc3ccc(F)cc3F)ns2)cc1Cl. The molecule has 152 valence electrons. The lowest BCUT2D eigenvalue weighted by atomic mass is 10.1. The number of ether oxygens (including phenoxy) is 1. The Morgan fingerprint density at radius 1 is 1.28 bits per heavy atom. The molecule has 1 heterocycles. The van der Waals surface area contributed by atoms with Crippen LogP contribution in [-0.4, -0.2) is 34.2 Å². The Morgan fingerprint density at radius 3 is 2.79 bits per heavy atom. The molecule has 0 aliphatic heterocycles. The van der Waals surface area contributed by atoms with Gasteiger partial charge >= 0.3 is 0 Å². The predicted octanol–water partition coefficient (Wildman–Crippen LogP) is 5.77. The molecule has 0 spiro atoms. The van der Waals surface area contributed by atoms with E-state index in [-0.39, 0.29) is 6.42 Å². The van der Waals surface area contributed by atoms with Crippen molar-refractivity contribution in [2.75, 3.05) is 13.6 Å². The van der Waals surface area contributed by atoms with Crippen molar-refractivity contribution in [2.24, 2.45) is 4.99 Å². The summed E-state index contributed by atoms with van der Waals surface area (Å²) in [6.07, 6.45) is 1.86.